The number of hydrogen-bond acceptors (Lipinski definition) is 8. The average molecular weight is 889 g/mol. The van der Waals surface area contributed by atoms with Gasteiger partial charge in [-0.15, -0.1) is 0 Å². The fraction of sp³-hybridized carbons (Fsp3) is 0.440. The van der Waals surface area contributed by atoms with E-state index in [0.29, 0.717) is 63.5 Å². The highest BCUT2D eigenvalue weighted by molar-refractivity contribution is 7.80. The van der Waals surface area contributed by atoms with Gasteiger partial charge in [-0.1, -0.05) is 62.9 Å². The molecule has 336 valence electrons. The van der Waals surface area contributed by atoms with Crippen LogP contribution in [-0.2, 0) is 27.4 Å². The predicted molar refractivity (Wildman–Crippen MR) is 247 cm³/mol. The van der Waals surface area contributed by atoms with E-state index in [9.17, 15) is 24.6 Å². The van der Waals surface area contributed by atoms with Crippen LogP contribution in [0.4, 0.5) is 0 Å². The number of furan rings is 2. The molecule has 2 aromatic carbocycles. The van der Waals surface area contributed by atoms with Gasteiger partial charge < -0.3 is 47.5 Å². The van der Waals surface area contributed by atoms with Gasteiger partial charge in [0.15, 0.2) is 0 Å². The predicted octanol–water partition coefficient (Wildman–Crippen LogP) is 9.81. The number of rotatable bonds is 10. The van der Waals surface area contributed by atoms with Crippen LogP contribution < -0.4 is 0 Å². The van der Waals surface area contributed by atoms with E-state index < -0.39 is 11.9 Å². The monoisotopic (exact) mass is 888 g/mol. The van der Waals surface area contributed by atoms with E-state index in [0.717, 1.165) is 88.1 Å². The normalized spacial score (nSPS) is 17.7. The Kier molecular flexibility index (Phi) is 13.3. The van der Waals surface area contributed by atoms with Crippen molar-refractivity contribution in [1.82, 2.24) is 18.9 Å². The first-order chi connectivity index (χ1) is 31.3. The summed E-state index contributed by atoms with van der Waals surface area (Å²) in [5.74, 6) is -1.04. The lowest BCUT2D eigenvalue weighted by atomic mass is 9.82. The highest BCUT2D eigenvalue weighted by Crippen LogP contribution is 2.46. The summed E-state index contributed by atoms with van der Waals surface area (Å²) in [5.41, 5.74) is 8.79. The second-order valence-electron chi connectivity index (χ2n) is 17.5. The van der Waals surface area contributed by atoms with E-state index in [4.69, 9.17) is 30.5 Å². The number of morpholine rings is 2. The molecular formula is C50H56N4O9S. The zero-order valence-corrected chi connectivity index (χ0v) is 37.0. The number of carboxylic acids is 2. The van der Waals surface area contributed by atoms with Crippen LogP contribution in [0.1, 0.15) is 108 Å². The Labute approximate surface area is 377 Å². The second-order valence-corrected chi connectivity index (χ2v) is 17.9. The molecular weight excluding hydrogens is 833 g/mol. The first-order valence-electron chi connectivity index (χ1n) is 22.8. The summed E-state index contributed by atoms with van der Waals surface area (Å²) in [6, 6.07) is 14.7. The molecule has 2 saturated heterocycles. The molecule has 0 unspecified atom stereocenters. The molecule has 4 aromatic heterocycles. The fourth-order valence-electron chi connectivity index (χ4n) is 10.5. The molecule has 0 atom stereocenters. The summed E-state index contributed by atoms with van der Waals surface area (Å²) < 4.78 is 26.0. The van der Waals surface area contributed by atoms with Gasteiger partial charge in [0, 0.05) is 48.1 Å². The molecule has 4 fully saturated rings. The fourth-order valence-corrected chi connectivity index (χ4v) is 10.8. The molecule has 0 bridgehead atoms. The number of thiocarbonyl (C=S) groups is 1. The molecule has 2 aliphatic heterocycles. The molecule has 64 heavy (non-hydrogen) atoms. The van der Waals surface area contributed by atoms with Crippen LogP contribution in [0, 0.1) is 0 Å². The van der Waals surface area contributed by atoms with Gasteiger partial charge in [-0.25, -0.2) is 9.59 Å². The van der Waals surface area contributed by atoms with Crippen molar-refractivity contribution < 1.29 is 42.9 Å². The third-order valence-electron chi connectivity index (χ3n) is 13.6. The van der Waals surface area contributed by atoms with Crippen LogP contribution in [0.15, 0.2) is 82.4 Å². The Hall–Kier alpha value is -5.70. The van der Waals surface area contributed by atoms with Crippen molar-refractivity contribution in [3.05, 3.63) is 95.8 Å². The van der Waals surface area contributed by atoms with Crippen molar-refractivity contribution in [1.29, 1.82) is 0 Å². The SMILES string of the molecule is O=C(O)c1ccc2c(C3CCCCC3)c(-c3ccoc3)n(CC(=O)N3CCOCC3)c2c1.O=C(O)c1ccc2c(C3CCCCC3)c(-c3ccoc3)n(CC(=S)N3CCOCC3)c2c1. The summed E-state index contributed by atoms with van der Waals surface area (Å²) in [4.78, 5) is 41.6. The lowest BCUT2D eigenvalue weighted by Gasteiger charge is -2.30. The maximum absolute atomic E-state index is 13.2. The summed E-state index contributed by atoms with van der Waals surface area (Å²) in [5, 5.41) is 21.4. The van der Waals surface area contributed by atoms with E-state index in [2.05, 4.69) is 9.47 Å². The van der Waals surface area contributed by atoms with Crippen LogP contribution in [0.2, 0.25) is 0 Å². The van der Waals surface area contributed by atoms with Gasteiger partial charge in [0.2, 0.25) is 5.91 Å². The number of benzene rings is 2. The van der Waals surface area contributed by atoms with E-state index >= 15 is 0 Å². The Morgan fingerprint density at radius 1 is 0.578 bits per heavy atom. The molecule has 2 N–H and O–H groups in total. The second kappa shape index (κ2) is 19.6. The number of carbonyl (C=O) groups excluding carboxylic acids is 1. The number of nitrogens with zero attached hydrogens (tertiary/aromatic N) is 4. The van der Waals surface area contributed by atoms with Crippen LogP contribution in [0.3, 0.4) is 0 Å². The van der Waals surface area contributed by atoms with Gasteiger partial charge in [-0.2, -0.15) is 0 Å². The van der Waals surface area contributed by atoms with Crippen molar-refractivity contribution in [2.24, 2.45) is 0 Å². The number of carboxylic acid groups (broad SMARTS) is 2. The zero-order valence-electron chi connectivity index (χ0n) is 36.2. The van der Waals surface area contributed by atoms with Crippen LogP contribution in [0.25, 0.3) is 44.3 Å². The van der Waals surface area contributed by atoms with Gasteiger partial charge in [0.1, 0.15) is 6.54 Å². The van der Waals surface area contributed by atoms with Crippen molar-refractivity contribution in [3.63, 3.8) is 0 Å². The number of ether oxygens (including phenoxy) is 2. The van der Waals surface area contributed by atoms with Crippen molar-refractivity contribution in [3.8, 4) is 22.5 Å². The van der Waals surface area contributed by atoms with Crippen LogP contribution in [-0.4, -0.2) is 105 Å². The number of aromatic nitrogens is 2. The first-order valence-corrected chi connectivity index (χ1v) is 23.2. The summed E-state index contributed by atoms with van der Waals surface area (Å²) in [7, 11) is 0. The highest BCUT2D eigenvalue weighted by atomic mass is 32.1. The lowest BCUT2D eigenvalue weighted by Crippen LogP contribution is -2.42. The molecule has 10 rings (SSSR count). The molecule has 6 aromatic rings. The number of fused-ring (bicyclic) bond motifs is 2. The smallest absolute Gasteiger partial charge is 0.335 e. The van der Waals surface area contributed by atoms with Gasteiger partial charge in [-0.05, 0) is 85.0 Å². The minimum atomic E-state index is -0.969. The van der Waals surface area contributed by atoms with Gasteiger partial charge in [0.25, 0.3) is 0 Å². The first kappa shape index (κ1) is 43.5. The topological polar surface area (TPSA) is 153 Å². The summed E-state index contributed by atoms with van der Waals surface area (Å²) >= 11 is 5.87. The minimum absolute atomic E-state index is 0.0193. The third kappa shape index (κ3) is 9.00. The largest absolute Gasteiger partial charge is 0.478 e. The molecule has 2 aliphatic carbocycles. The van der Waals surface area contributed by atoms with E-state index in [1.807, 2.05) is 33.7 Å². The molecule has 0 spiro atoms. The number of carbonyl (C=O) groups is 3. The number of amides is 1. The number of hydrogen-bond donors (Lipinski definition) is 2. The summed E-state index contributed by atoms with van der Waals surface area (Å²) in [6.45, 7) is 5.87. The van der Waals surface area contributed by atoms with E-state index in [1.54, 1.807) is 49.3 Å². The van der Waals surface area contributed by atoms with Crippen molar-refractivity contribution >= 4 is 56.9 Å². The standard InChI is InChI=1S/C25H28N2O5.C25H28N2O4S/c28-22(26-9-12-31-13-10-26)15-27-21-14-18(25(29)30)6-7-20(21)23(17-4-2-1-3-5-17)24(27)19-8-11-32-16-19;28-25(29)18-6-7-20-21(14-18)27(15-22(32)26-9-12-30-13-10-26)24(19-8-11-31-16-19)23(20)17-4-2-1-3-5-17/h6-8,11,14,16-17H,1-5,9-10,12-13,15H2,(H,29,30);6-8,11,14,16-17H,1-5,9-10,12-13,15H2,(H,28,29). The molecule has 4 aliphatic rings. The molecule has 1 amide bonds. The highest BCUT2D eigenvalue weighted by Gasteiger charge is 2.31. The quantitative estimate of drug-likeness (QED) is 0.126. The average Bonchev–Trinajstić information content (AvgIpc) is 4.17. The van der Waals surface area contributed by atoms with Crippen molar-refractivity contribution in [2.45, 2.75) is 89.1 Å². The maximum atomic E-state index is 13.2. The Morgan fingerprint density at radius 3 is 1.44 bits per heavy atom. The van der Waals surface area contributed by atoms with Crippen LogP contribution >= 0.6 is 12.2 Å². The molecule has 0 radical (unpaired) electrons. The Bertz CT molecular complexity index is 2420. The van der Waals surface area contributed by atoms with Gasteiger partial charge in [-0.3, -0.25) is 4.79 Å². The van der Waals surface area contributed by atoms with E-state index in [1.165, 1.54) is 49.7 Å². The molecule has 14 heteroatoms. The van der Waals surface area contributed by atoms with Gasteiger partial charge in [0.05, 0.1) is 96.6 Å². The maximum Gasteiger partial charge on any atom is 0.335 e. The number of aromatic carboxylic acids is 2. The third-order valence-corrected chi connectivity index (χ3v) is 14.0. The van der Waals surface area contributed by atoms with Gasteiger partial charge >= 0.3 is 11.9 Å². The zero-order chi connectivity index (χ0) is 44.2. The lowest BCUT2D eigenvalue weighted by molar-refractivity contribution is -0.135. The Balaban J connectivity index is 0.000000162. The van der Waals surface area contributed by atoms with Crippen molar-refractivity contribution in [2.75, 3.05) is 52.6 Å². The van der Waals surface area contributed by atoms with E-state index in [-0.39, 0.29) is 18.0 Å². The molecule has 6 heterocycles. The Morgan fingerprint density at radius 2 is 1.02 bits per heavy atom. The van der Waals surface area contributed by atoms with Crippen LogP contribution in [0.5, 0.6) is 0 Å². The molecule has 2 saturated carbocycles. The summed E-state index contributed by atoms with van der Waals surface area (Å²) in [6.07, 6.45) is 18.7. The minimum Gasteiger partial charge on any atom is -0.478 e. The molecule has 13 nitrogen and oxygen atoms in total.